The molecule has 0 bridgehead atoms. The lowest BCUT2D eigenvalue weighted by Gasteiger charge is -2.19. The summed E-state index contributed by atoms with van der Waals surface area (Å²) in [5.74, 6) is 0.756. The predicted octanol–water partition coefficient (Wildman–Crippen LogP) is 2.12. The first kappa shape index (κ1) is 10.7. The van der Waals surface area contributed by atoms with E-state index in [0.29, 0.717) is 5.69 Å². The highest BCUT2D eigenvalue weighted by Crippen LogP contribution is 2.31. The number of benzene rings is 1. The summed E-state index contributed by atoms with van der Waals surface area (Å²) in [7, 11) is 3.93. The van der Waals surface area contributed by atoms with Crippen LogP contribution >= 0.6 is 0 Å². The number of hydrogen-bond donors (Lipinski definition) is 1. The van der Waals surface area contributed by atoms with Crippen molar-refractivity contribution < 1.29 is 4.74 Å². The molecule has 0 radical (unpaired) electrons. The van der Waals surface area contributed by atoms with Crippen LogP contribution in [0.3, 0.4) is 0 Å². The minimum absolute atomic E-state index is 0.148. The number of anilines is 2. The molecule has 0 amide bonds. The van der Waals surface area contributed by atoms with Gasteiger partial charge in [0.25, 0.3) is 0 Å². The van der Waals surface area contributed by atoms with Gasteiger partial charge < -0.3 is 15.4 Å². The maximum Gasteiger partial charge on any atom is 0.144 e. The second-order valence-corrected chi connectivity index (χ2v) is 3.75. The zero-order valence-corrected chi connectivity index (χ0v) is 9.24. The van der Waals surface area contributed by atoms with E-state index in [9.17, 15) is 0 Å². The van der Waals surface area contributed by atoms with Gasteiger partial charge in [0.1, 0.15) is 5.75 Å². The van der Waals surface area contributed by atoms with Crippen molar-refractivity contribution >= 4 is 11.4 Å². The molecule has 0 spiro atoms. The number of para-hydroxylation sites is 1. The Labute approximate surface area is 85.5 Å². The molecular weight excluding hydrogens is 176 g/mol. The molecule has 0 heterocycles. The van der Waals surface area contributed by atoms with E-state index in [2.05, 4.69) is 0 Å². The summed E-state index contributed by atoms with van der Waals surface area (Å²) in [5.41, 5.74) is 7.66. The summed E-state index contributed by atoms with van der Waals surface area (Å²) >= 11 is 0. The van der Waals surface area contributed by atoms with Gasteiger partial charge in [-0.2, -0.15) is 0 Å². The average molecular weight is 194 g/mol. The van der Waals surface area contributed by atoms with Gasteiger partial charge >= 0.3 is 0 Å². The molecule has 0 saturated heterocycles. The maximum absolute atomic E-state index is 5.97. The minimum atomic E-state index is 0.148. The van der Waals surface area contributed by atoms with Crippen LogP contribution in [0.2, 0.25) is 0 Å². The highest BCUT2D eigenvalue weighted by atomic mass is 16.5. The standard InChI is InChI=1S/C11H18N2O/c1-8(2)14-10-7-5-6-9(11(10)12)13(3)4/h5-8H,12H2,1-4H3. The first-order chi connectivity index (χ1) is 6.52. The molecule has 78 valence electrons. The fourth-order valence-corrected chi connectivity index (χ4v) is 1.28. The summed E-state index contributed by atoms with van der Waals surface area (Å²) in [6.45, 7) is 3.98. The van der Waals surface area contributed by atoms with E-state index < -0.39 is 0 Å². The van der Waals surface area contributed by atoms with Crippen LogP contribution in [0.1, 0.15) is 13.8 Å². The molecule has 1 aromatic rings. The summed E-state index contributed by atoms with van der Waals surface area (Å²) < 4.78 is 5.58. The number of nitrogen functional groups attached to an aromatic ring is 1. The van der Waals surface area contributed by atoms with Gasteiger partial charge in [0, 0.05) is 14.1 Å². The lowest BCUT2D eigenvalue weighted by atomic mass is 10.2. The first-order valence-electron chi connectivity index (χ1n) is 4.75. The van der Waals surface area contributed by atoms with Gasteiger partial charge in [0.05, 0.1) is 17.5 Å². The van der Waals surface area contributed by atoms with Gasteiger partial charge in [-0.3, -0.25) is 0 Å². The second-order valence-electron chi connectivity index (χ2n) is 3.75. The molecule has 3 nitrogen and oxygen atoms in total. The molecule has 1 aromatic carbocycles. The molecule has 3 heteroatoms. The minimum Gasteiger partial charge on any atom is -0.489 e. The zero-order valence-electron chi connectivity index (χ0n) is 9.24. The monoisotopic (exact) mass is 194 g/mol. The highest BCUT2D eigenvalue weighted by Gasteiger charge is 2.08. The molecule has 0 aliphatic rings. The van der Waals surface area contributed by atoms with Crippen molar-refractivity contribution in [3.8, 4) is 5.75 Å². The molecule has 14 heavy (non-hydrogen) atoms. The molecular formula is C11H18N2O. The van der Waals surface area contributed by atoms with E-state index >= 15 is 0 Å². The van der Waals surface area contributed by atoms with Gasteiger partial charge in [0.15, 0.2) is 0 Å². The number of nitrogens with two attached hydrogens (primary N) is 1. The Morgan fingerprint density at radius 2 is 1.93 bits per heavy atom. The number of rotatable bonds is 3. The van der Waals surface area contributed by atoms with Crippen molar-refractivity contribution in [3.05, 3.63) is 18.2 Å². The molecule has 0 aromatic heterocycles. The Bertz CT molecular complexity index is 308. The van der Waals surface area contributed by atoms with E-state index in [1.807, 2.05) is 51.0 Å². The van der Waals surface area contributed by atoms with Gasteiger partial charge in [0.2, 0.25) is 0 Å². The summed E-state index contributed by atoms with van der Waals surface area (Å²) in [6.07, 6.45) is 0.148. The van der Waals surface area contributed by atoms with Crippen LogP contribution in [0.5, 0.6) is 5.75 Å². The molecule has 0 aliphatic heterocycles. The van der Waals surface area contributed by atoms with Crippen molar-refractivity contribution in [2.75, 3.05) is 24.7 Å². The average Bonchev–Trinajstić information content (AvgIpc) is 2.07. The van der Waals surface area contributed by atoms with Crippen LogP contribution in [-0.4, -0.2) is 20.2 Å². The Balaban J connectivity index is 3.01. The van der Waals surface area contributed by atoms with Crippen molar-refractivity contribution in [2.24, 2.45) is 0 Å². The third-order valence-electron chi connectivity index (χ3n) is 1.89. The molecule has 2 N–H and O–H groups in total. The largest absolute Gasteiger partial charge is 0.489 e. The Kier molecular flexibility index (Phi) is 3.23. The lowest BCUT2D eigenvalue weighted by molar-refractivity contribution is 0.244. The second kappa shape index (κ2) is 4.22. The summed E-state index contributed by atoms with van der Waals surface area (Å²) in [5, 5.41) is 0. The normalized spacial score (nSPS) is 10.4. The highest BCUT2D eigenvalue weighted by molar-refractivity contribution is 5.73. The number of nitrogens with zero attached hydrogens (tertiary/aromatic N) is 1. The van der Waals surface area contributed by atoms with Crippen LogP contribution in [-0.2, 0) is 0 Å². The fourth-order valence-electron chi connectivity index (χ4n) is 1.28. The number of hydrogen-bond acceptors (Lipinski definition) is 3. The molecule has 1 rings (SSSR count). The van der Waals surface area contributed by atoms with E-state index in [1.165, 1.54) is 0 Å². The molecule has 0 saturated carbocycles. The van der Waals surface area contributed by atoms with Gasteiger partial charge in [-0.1, -0.05) is 6.07 Å². The zero-order chi connectivity index (χ0) is 10.7. The van der Waals surface area contributed by atoms with Gasteiger partial charge in [-0.25, -0.2) is 0 Å². The third kappa shape index (κ3) is 2.31. The quantitative estimate of drug-likeness (QED) is 0.749. The number of ether oxygens (including phenoxy) is 1. The summed E-state index contributed by atoms with van der Waals surface area (Å²) in [4.78, 5) is 1.97. The summed E-state index contributed by atoms with van der Waals surface area (Å²) in [6, 6.07) is 5.81. The maximum atomic E-state index is 5.97. The Morgan fingerprint density at radius 3 is 2.43 bits per heavy atom. The Hall–Kier alpha value is -1.38. The molecule has 0 atom stereocenters. The van der Waals surface area contributed by atoms with Crippen LogP contribution in [0.15, 0.2) is 18.2 Å². The molecule has 0 fully saturated rings. The SMILES string of the molecule is CC(C)Oc1cccc(N(C)C)c1N. The van der Waals surface area contributed by atoms with E-state index in [-0.39, 0.29) is 6.10 Å². The topological polar surface area (TPSA) is 38.5 Å². The lowest BCUT2D eigenvalue weighted by Crippen LogP contribution is -2.13. The van der Waals surface area contributed by atoms with Crippen molar-refractivity contribution in [3.63, 3.8) is 0 Å². The predicted molar refractivity (Wildman–Crippen MR) is 60.9 cm³/mol. The molecule has 0 unspecified atom stereocenters. The van der Waals surface area contributed by atoms with Crippen molar-refractivity contribution in [1.29, 1.82) is 0 Å². The fraction of sp³-hybridized carbons (Fsp3) is 0.455. The third-order valence-corrected chi connectivity index (χ3v) is 1.89. The van der Waals surface area contributed by atoms with Gasteiger partial charge in [-0.15, -0.1) is 0 Å². The van der Waals surface area contributed by atoms with E-state index in [1.54, 1.807) is 0 Å². The molecule has 0 aliphatic carbocycles. The van der Waals surface area contributed by atoms with Crippen LogP contribution in [0, 0.1) is 0 Å². The van der Waals surface area contributed by atoms with Gasteiger partial charge in [-0.05, 0) is 26.0 Å². The van der Waals surface area contributed by atoms with E-state index in [0.717, 1.165) is 11.4 Å². The smallest absolute Gasteiger partial charge is 0.144 e. The van der Waals surface area contributed by atoms with Crippen molar-refractivity contribution in [2.45, 2.75) is 20.0 Å². The van der Waals surface area contributed by atoms with Crippen LogP contribution in [0.4, 0.5) is 11.4 Å². The first-order valence-corrected chi connectivity index (χ1v) is 4.75. The van der Waals surface area contributed by atoms with E-state index in [4.69, 9.17) is 10.5 Å². The Morgan fingerprint density at radius 1 is 1.29 bits per heavy atom. The van der Waals surface area contributed by atoms with Crippen LogP contribution in [0.25, 0.3) is 0 Å². The van der Waals surface area contributed by atoms with Crippen molar-refractivity contribution in [1.82, 2.24) is 0 Å². The van der Waals surface area contributed by atoms with Crippen LogP contribution < -0.4 is 15.4 Å².